The van der Waals surface area contributed by atoms with Crippen LogP contribution in [0.5, 0.6) is 0 Å². The molecule has 1 aromatic carbocycles. The van der Waals surface area contributed by atoms with Gasteiger partial charge in [-0.2, -0.15) is 0 Å². The maximum Gasteiger partial charge on any atom is 0.251 e. The van der Waals surface area contributed by atoms with Crippen LogP contribution >= 0.6 is 11.6 Å². The third-order valence-corrected chi connectivity index (χ3v) is 5.89. The average molecular weight is 393 g/mol. The molecule has 0 aliphatic carbocycles. The fourth-order valence-electron chi connectivity index (χ4n) is 4.07. The second-order valence-corrected chi connectivity index (χ2v) is 7.75. The number of hydrazine groups is 1. The molecular weight excluding hydrogens is 368 g/mol. The van der Waals surface area contributed by atoms with Gasteiger partial charge >= 0.3 is 0 Å². The van der Waals surface area contributed by atoms with E-state index in [1.54, 1.807) is 0 Å². The van der Waals surface area contributed by atoms with Crippen molar-refractivity contribution in [2.45, 2.75) is 25.0 Å². The largest absolute Gasteiger partial charge is 0.368 e. The molecule has 3 atom stereocenters. The van der Waals surface area contributed by atoms with Crippen LogP contribution in [0, 0.1) is 5.92 Å². The van der Waals surface area contributed by atoms with Crippen molar-refractivity contribution in [1.82, 2.24) is 20.7 Å². The number of carbonyl (C=O) groups is 2. The molecule has 3 aliphatic rings. The predicted molar refractivity (Wildman–Crippen MR) is 101 cm³/mol. The average Bonchev–Trinajstić information content (AvgIpc) is 3.40. The van der Waals surface area contributed by atoms with E-state index in [2.05, 4.69) is 10.9 Å². The first-order valence-electron chi connectivity index (χ1n) is 9.56. The number of nitrogens with one attached hydrogen (secondary N) is 2. The molecule has 3 unspecified atom stereocenters. The van der Waals surface area contributed by atoms with Gasteiger partial charge in [0.05, 0.1) is 12.0 Å². The summed E-state index contributed by atoms with van der Waals surface area (Å²) in [6, 6.07) is 7.50. The first-order chi connectivity index (χ1) is 13.1. The van der Waals surface area contributed by atoms with Gasteiger partial charge in [0.2, 0.25) is 5.91 Å². The zero-order valence-corrected chi connectivity index (χ0v) is 16.0. The number of rotatable bonds is 3. The molecule has 3 fully saturated rings. The molecule has 0 bridgehead atoms. The number of nitrogens with zero attached hydrogens (tertiary/aromatic N) is 2. The molecule has 2 amide bonds. The van der Waals surface area contributed by atoms with Crippen molar-refractivity contribution in [2.75, 3.05) is 39.3 Å². The van der Waals surface area contributed by atoms with E-state index in [-0.39, 0.29) is 29.9 Å². The van der Waals surface area contributed by atoms with Crippen LogP contribution in [0.2, 0.25) is 5.02 Å². The SMILES string of the molecule is O=C(C1CCCO1)N1CCN(C(=O)C2CNNC2c2ccc(Cl)cc2)CC1. The van der Waals surface area contributed by atoms with E-state index in [0.717, 1.165) is 18.4 Å². The molecule has 3 aliphatic heterocycles. The number of benzene rings is 1. The standard InChI is InChI=1S/C19H25ClN4O3/c20-14-5-3-13(4-6-14)17-15(12-21-22-17)18(25)23-7-9-24(10-8-23)19(26)16-2-1-11-27-16/h3-6,15-17,21-22H,1-2,7-12H2. The number of ether oxygens (including phenoxy) is 1. The van der Waals surface area contributed by atoms with Crippen LogP contribution < -0.4 is 10.9 Å². The summed E-state index contributed by atoms with van der Waals surface area (Å²) in [6.45, 7) is 3.54. The van der Waals surface area contributed by atoms with Gasteiger partial charge in [-0.25, -0.2) is 5.43 Å². The van der Waals surface area contributed by atoms with Crippen LogP contribution in [-0.2, 0) is 14.3 Å². The van der Waals surface area contributed by atoms with E-state index in [1.807, 2.05) is 34.1 Å². The summed E-state index contributed by atoms with van der Waals surface area (Å²) in [5, 5.41) is 0.680. The fraction of sp³-hybridized carbons (Fsp3) is 0.579. The Balaban J connectivity index is 1.35. The first kappa shape index (κ1) is 18.7. The summed E-state index contributed by atoms with van der Waals surface area (Å²) >= 11 is 5.97. The second-order valence-electron chi connectivity index (χ2n) is 7.31. The summed E-state index contributed by atoms with van der Waals surface area (Å²) in [7, 11) is 0. The summed E-state index contributed by atoms with van der Waals surface area (Å²) in [5.41, 5.74) is 7.35. The van der Waals surface area contributed by atoms with Gasteiger partial charge in [-0.1, -0.05) is 23.7 Å². The lowest BCUT2D eigenvalue weighted by atomic mass is 9.93. The van der Waals surface area contributed by atoms with Gasteiger partial charge in [-0.05, 0) is 30.5 Å². The summed E-state index contributed by atoms with van der Waals surface area (Å²) in [6.07, 6.45) is 1.47. The topological polar surface area (TPSA) is 73.9 Å². The Hall–Kier alpha value is -1.67. The summed E-state index contributed by atoms with van der Waals surface area (Å²) in [5.74, 6) is 0.0195. The summed E-state index contributed by atoms with van der Waals surface area (Å²) in [4.78, 5) is 29.3. The van der Waals surface area contributed by atoms with Crippen molar-refractivity contribution < 1.29 is 14.3 Å². The molecule has 0 aromatic heterocycles. The van der Waals surface area contributed by atoms with Crippen molar-refractivity contribution in [3.05, 3.63) is 34.9 Å². The van der Waals surface area contributed by atoms with Crippen LogP contribution in [0.1, 0.15) is 24.4 Å². The molecule has 146 valence electrons. The van der Waals surface area contributed by atoms with Gasteiger partial charge in [-0.3, -0.25) is 15.0 Å². The highest BCUT2D eigenvalue weighted by Gasteiger charge is 2.38. The minimum atomic E-state index is -0.287. The van der Waals surface area contributed by atoms with Crippen molar-refractivity contribution in [3.63, 3.8) is 0 Å². The quantitative estimate of drug-likeness (QED) is 0.801. The van der Waals surface area contributed by atoms with Gasteiger partial charge in [0.25, 0.3) is 5.91 Å². The van der Waals surface area contributed by atoms with Gasteiger partial charge in [-0.15, -0.1) is 0 Å². The highest BCUT2D eigenvalue weighted by molar-refractivity contribution is 6.30. The third kappa shape index (κ3) is 3.96. The minimum absolute atomic E-state index is 0.0721. The Bertz CT molecular complexity index is 685. The second kappa shape index (κ2) is 8.14. The molecule has 3 heterocycles. The number of carbonyl (C=O) groups excluding carboxylic acids is 2. The maximum absolute atomic E-state index is 13.1. The number of hydrogen-bond donors (Lipinski definition) is 2. The van der Waals surface area contributed by atoms with Gasteiger partial charge < -0.3 is 14.5 Å². The third-order valence-electron chi connectivity index (χ3n) is 5.64. The van der Waals surface area contributed by atoms with Crippen LogP contribution in [0.3, 0.4) is 0 Å². The van der Waals surface area contributed by atoms with Crippen LogP contribution in [0.15, 0.2) is 24.3 Å². The smallest absolute Gasteiger partial charge is 0.251 e. The molecule has 2 N–H and O–H groups in total. The highest BCUT2D eigenvalue weighted by atomic mass is 35.5. The molecule has 7 nitrogen and oxygen atoms in total. The predicted octanol–water partition coefficient (Wildman–Crippen LogP) is 0.955. The van der Waals surface area contributed by atoms with E-state index >= 15 is 0 Å². The molecular formula is C19H25ClN4O3. The normalized spacial score (nSPS) is 28.6. The molecule has 27 heavy (non-hydrogen) atoms. The lowest BCUT2D eigenvalue weighted by Gasteiger charge is -2.37. The zero-order valence-electron chi connectivity index (χ0n) is 15.2. The number of piperazine rings is 1. The molecule has 0 saturated carbocycles. The Morgan fingerprint density at radius 1 is 1.04 bits per heavy atom. The lowest BCUT2D eigenvalue weighted by Crippen LogP contribution is -2.54. The fourth-order valence-corrected chi connectivity index (χ4v) is 4.20. The molecule has 1 aromatic rings. The molecule has 0 radical (unpaired) electrons. The maximum atomic E-state index is 13.1. The summed E-state index contributed by atoms with van der Waals surface area (Å²) < 4.78 is 5.50. The minimum Gasteiger partial charge on any atom is -0.368 e. The van der Waals surface area contributed by atoms with Crippen molar-refractivity contribution in [3.8, 4) is 0 Å². The van der Waals surface area contributed by atoms with Crippen LogP contribution in [0.25, 0.3) is 0 Å². The lowest BCUT2D eigenvalue weighted by molar-refractivity contribution is -0.147. The molecule has 4 rings (SSSR count). The van der Waals surface area contributed by atoms with Gasteiger partial charge in [0, 0.05) is 44.4 Å². The van der Waals surface area contributed by atoms with E-state index in [9.17, 15) is 9.59 Å². The van der Waals surface area contributed by atoms with Gasteiger partial charge in [0.15, 0.2) is 0 Å². The number of hydrogen-bond acceptors (Lipinski definition) is 5. The van der Waals surface area contributed by atoms with Crippen molar-refractivity contribution in [1.29, 1.82) is 0 Å². The highest BCUT2D eigenvalue weighted by Crippen LogP contribution is 2.28. The molecule has 3 saturated heterocycles. The molecule has 0 spiro atoms. The van der Waals surface area contributed by atoms with Crippen molar-refractivity contribution >= 4 is 23.4 Å². The van der Waals surface area contributed by atoms with E-state index in [1.165, 1.54) is 0 Å². The monoisotopic (exact) mass is 392 g/mol. The van der Waals surface area contributed by atoms with Gasteiger partial charge in [0.1, 0.15) is 6.10 Å². The number of amides is 2. The molecule has 8 heteroatoms. The van der Waals surface area contributed by atoms with E-state index in [0.29, 0.717) is 44.4 Å². The van der Waals surface area contributed by atoms with E-state index in [4.69, 9.17) is 16.3 Å². The zero-order chi connectivity index (χ0) is 18.8. The van der Waals surface area contributed by atoms with E-state index < -0.39 is 0 Å². The van der Waals surface area contributed by atoms with Crippen LogP contribution in [-0.4, -0.2) is 67.0 Å². The Morgan fingerprint density at radius 2 is 1.70 bits per heavy atom. The Labute approximate surface area is 163 Å². The number of halogens is 1. The Morgan fingerprint density at radius 3 is 2.33 bits per heavy atom. The van der Waals surface area contributed by atoms with Crippen LogP contribution in [0.4, 0.5) is 0 Å². The first-order valence-corrected chi connectivity index (χ1v) is 9.94. The Kier molecular flexibility index (Phi) is 5.63. The van der Waals surface area contributed by atoms with Crippen molar-refractivity contribution in [2.24, 2.45) is 5.92 Å².